The van der Waals surface area contributed by atoms with Gasteiger partial charge >= 0.3 is 0 Å². The number of benzene rings is 1. The Morgan fingerprint density at radius 1 is 1.29 bits per heavy atom. The van der Waals surface area contributed by atoms with Gasteiger partial charge in [0.2, 0.25) is 11.7 Å². The molecule has 0 aliphatic rings. The Kier molecular flexibility index (Phi) is 3.51. The summed E-state index contributed by atoms with van der Waals surface area (Å²) in [4.78, 5) is 4.27. The van der Waals surface area contributed by atoms with Gasteiger partial charge in [-0.15, -0.1) is 0 Å². The first-order valence-corrected chi connectivity index (χ1v) is 5.57. The second-order valence-electron chi connectivity index (χ2n) is 4.01. The Labute approximate surface area is 99.8 Å². The molecule has 17 heavy (non-hydrogen) atoms. The van der Waals surface area contributed by atoms with Crippen molar-refractivity contribution in [2.75, 3.05) is 6.54 Å². The average Bonchev–Trinajstić information content (AvgIpc) is 2.80. The lowest BCUT2D eigenvalue weighted by Crippen LogP contribution is -2.15. The van der Waals surface area contributed by atoms with Crippen LogP contribution in [-0.2, 0) is 0 Å². The molecule has 0 saturated carbocycles. The van der Waals surface area contributed by atoms with Crippen LogP contribution in [0.25, 0.3) is 11.4 Å². The Morgan fingerprint density at radius 2 is 2.00 bits per heavy atom. The van der Waals surface area contributed by atoms with Crippen LogP contribution >= 0.6 is 0 Å². The molecule has 2 rings (SSSR count). The summed E-state index contributed by atoms with van der Waals surface area (Å²) in [6, 6.07) is 7.64. The van der Waals surface area contributed by atoms with Gasteiger partial charge in [-0.3, -0.25) is 0 Å². The highest BCUT2D eigenvalue weighted by molar-refractivity contribution is 5.54. The van der Waals surface area contributed by atoms with Gasteiger partial charge in [-0.25, -0.2) is 0 Å². The lowest BCUT2D eigenvalue weighted by atomic mass is 10.1. The second kappa shape index (κ2) is 5.07. The summed E-state index contributed by atoms with van der Waals surface area (Å²) in [5, 5.41) is 3.91. The Bertz CT molecular complexity index is 478. The van der Waals surface area contributed by atoms with Crippen molar-refractivity contribution >= 4 is 0 Å². The van der Waals surface area contributed by atoms with Gasteiger partial charge in [0.25, 0.3) is 0 Å². The summed E-state index contributed by atoms with van der Waals surface area (Å²) in [5.74, 6) is 0.999. The van der Waals surface area contributed by atoms with E-state index < -0.39 is 0 Å². The number of nitrogens with two attached hydrogens (primary N) is 2. The summed E-state index contributed by atoms with van der Waals surface area (Å²) in [5.41, 5.74) is 13.4. The van der Waals surface area contributed by atoms with Crippen LogP contribution in [0.5, 0.6) is 0 Å². The van der Waals surface area contributed by atoms with Gasteiger partial charge in [0.05, 0.1) is 6.04 Å². The van der Waals surface area contributed by atoms with Crippen LogP contribution in [0, 0.1) is 6.92 Å². The summed E-state index contributed by atoms with van der Waals surface area (Å²) in [6.07, 6.45) is 0.634. The van der Waals surface area contributed by atoms with Crippen molar-refractivity contribution in [3.8, 4) is 11.4 Å². The first-order valence-electron chi connectivity index (χ1n) is 5.57. The van der Waals surface area contributed by atoms with Crippen LogP contribution in [0.3, 0.4) is 0 Å². The summed E-state index contributed by atoms with van der Waals surface area (Å²) < 4.78 is 5.12. The van der Waals surface area contributed by atoms with E-state index in [-0.39, 0.29) is 6.04 Å². The molecule has 1 aromatic heterocycles. The van der Waals surface area contributed by atoms with Crippen LogP contribution in [0.4, 0.5) is 0 Å². The molecule has 1 aromatic carbocycles. The third-order valence-corrected chi connectivity index (χ3v) is 2.55. The predicted octanol–water partition coefficient (Wildman–Crippen LogP) is 1.39. The molecule has 0 unspecified atom stereocenters. The number of rotatable bonds is 4. The largest absolute Gasteiger partial charge is 0.337 e. The first kappa shape index (κ1) is 11.8. The monoisotopic (exact) mass is 232 g/mol. The smallest absolute Gasteiger partial charge is 0.243 e. The Balaban J connectivity index is 2.20. The standard InChI is InChI=1S/C12H16N4O/c1-8-2-4-9(5-3-8)11-15-12(17-16-11)10(14)6-7-13/h2-5,10H,6-7,13-14H2,1H3/t10-/m0/s1. The highest BCUT2D eigenvalue weighted by atomic mass is 16.5. The molecule has 2 aromatic rings. The molecular formula is C12H16N4O. The minimum absolute atomic E-state index is 0.285. The molecule has 1 atom stereocenters. The number of aromatic nitrogens is 2. The number of hydrogen-bond acceptors (Lipinski definition) is 5. The quantitative estimate of drug-likeness (QED) is 0.831. The molecule has 0 fully saturated rings. The highest BCUT2D eigenvalue weighted by Gasteiger charge is 2.14. The zero-order chi connectivity index (χ0) is 12.3. The van der Waals surface area contributed by atoms with Crippen LogP contribution in [0.1, 0.15) is 23.9 Å². The number of aryl methyl sites for hydroxylation is 1. The summed E-state index contributed by atoms with van der Waals surface area (Å²) >= 11 is 0. The molecule has 5 heteroatoms. The van der Waals surface area contributed by atoms with E-state index in [1.54, 1.807) is 0 Å². The number of hydrogen-bond donors (Lipinski definition) is 2. The molecule has 0 saturated heterocycles. The predicted molar refractivity (Wildman–Crippen MR) is 65.1 cm³/mol. The van der Waals surface area contributed by atoms with E-state index in [0.29, 0.717) is 24.7 Å². The van der Waals surface area contributed by atoms with E-state index in [2.05, 4.69) is 10.1 Å². The number of nitrogens with zero attached hydrogens (tertiary/aromatic N) is 2. The summed E-state index contributed by atoms with van der Waals surface area (Å²) in [7, 11) is 0. The third kappa shape index (κ3) is 2.69. The highest BCUT2D eigenvalue weighted by Crippen LogP contribution is 2.19. The maximum atomic E-state index is 5.84. The second-order valence-corrected chi connectivity index (χ2v) is 4.01. The molecule has 0 aliphatic heterocycles. The third-order valence-electron chi connectivity index (χ3n) is 2.55. The lowest BCUT2D eigenvalue weighted by molar-refractivity contribution is 0.350. The minimum Gasteiger partial charge on any atom is -0.337 e. The summed E-state index contributed by atoms with van der Waals surface area (Å²) in [6.45, 7) is 2.53. The fourth-order valence-corrected chi connectivity index (χ4v) is 1.51. The Morgan fingerprint density at radius 3 is 2.65 bits per heavy atom. The van der Waals surface area contributed by atoms with E-state index in [1.165, 1.54) is 5.56 Å². The Hall–Kier alpha value is -1.72. The molecule has 0 spiro atoms. The van der Waals surface area contributed by atoms with Gasteiger partial charge in [0.15, 0.2) is 0 Å². The van der Waals surface area contributed by atoms with E-state index in [4.69, 9.17) is 16.0 Å². The van der Waals surface area contributed by atoms with Gasteiger partial charge in [0, 0.05) is 5.56 Å². The van der Waals surface area contributed by atoms with Crippen LogP contribution in [-0.4, -0.2) is 16.7 Å². The van der Waals surface area contributed by atoms with Crippen molar-refractivity contribution in [2.24, 2.45) is 11.5 Å². The maximum absolute atomic E-state index is 5.84. The molecule has 4 N–H and O–H groups in total. The van der Waals surface area contributed by atoms with Crippen molar-refractivity contribution in [3.63, 3.8) is 0 Å². The first-order chi connectivity index (χ1) is 8.20. The molecule has 1 heterocycles. The lowest BCUT2D eigenvalue weighted by Gasteiger charge is -2.02. The maximum Gasteiger partial charge on any atom is 0.243 e. The van der Waals surface area contributed by atoms with Crippen LogP contribution < -0.4 is 11.5 Å². The average molecular weight is 232 g/mol. The van der Waals surface area contributed by atoms with Crippen molar-refractivity contribution < 1.29 is 4.52 Å². The molecule has 0 radical (unpaired) electrons. The van der Waals surface area contributed by atoms with Gasteiger partial charge in [-0.2, -0.15) is 4.98 Å². The molecule has 0 bridgehead atoms. The van der Waals surface area contributed by atoms with Gasteiger partial charge in [-0.05, 0) is 19.9 Å². The molecule has 90 valence electrons. The van der Waals surface area contributed by atoms with Crippen molar-refractivity contribution in [1.82, 2.24) is 10.1 Å². The molecule has 0 aliphatic carbocycles. The fraction of sp³-hybridized carbons (Fsp3) is 0.333. The molecule has 5 nitrogen and oxygen atoms in total. The molecular weight excluding hydrogens is 216 g/mol. The van der Waals surface area contributed by atoms with E-state index in [0.717, 1.165) is 5.56 Å². The normalized spacial score (nSPS) is 12.6. The topological polar surface area (TPSA) is 91.0 Å². The van der Waals surface area contributed by atoms with E-state index in [1.807, 2.05) is 31.2 Å². The van der Waals surface area contributed by atoms with E-state index in [9.17, 15) is 0 Å². The zero-order valence-corrected chi connectivity index (χ0v) is 9.76. The zero-order valence-electron chi connectivity index (χ0n) is 9.76. The van der Waals surface area contributed by atoms with Gasteiger partial charge in [0.1, 0.15) is 0 Å². The van der Waals surface area contributed by atoms with Gasteiger partial charge < -0.3 is 16.0 Å². The van der Waals surface area contributed by atoms with Crippen molar-refractivity contribution in [2.45, 2.75) is 19.4 Å². The SMILES string of the molecule is Cc1ccc(-c2noc([C@@H](N)CCN)n2)cc1. The van der Waals surface area contributed by atoms with Gasteiger partial charge in [-0.1, -0.05) is 35.0 Å². The minimum atomic E-state index is -0.285. The van der Waals surface area contributed by atoms with Crippen LogP contribution in [0.2, 0.25) is 0 Å². The van der Waals surface area contributed by atoms with E-state index >= 15 is 0 Å². The fourth-order valence-electron chi connectivity index (χ4n) is 1.51. The van der Waals surface area contributed by atoms with Crippen LogP contribution in [0.15, 0.2) is 28.8 Å². The van der Waals surface area contributed by atoms with Crippen molar-refractivity contribution in [3.05, 3.63) is 35.7 Å². The molecule has 0 amide bonds. The van der Waals surface area contributed by atoms with Crippen molar-refractivity contribution in [1.29, 1.82) is 0 Å².